The number of thiophene rings is 1. The van der Waals surface area contributed by atoms with Gasteiger partial charge in [0.1, 0.15) is 4.21 Å². The Morgan fingerprint density at radius 1 is 1.25 bits per heavy atom. The maximum atomic E-state index is 12.2. The van der Waals surface area contributed by atoms with Crippen LogP contribution in [0.4, 0.5) is 0 Å². The second-order valence-electron chi connectivity index (χ2n) is 5.96. The zero-order valence-corrected chi connectivity index (χ0v) is 17.0. The molecule has 140 valence electrons. The van der Waals surface area contributed by atoms with Gasteiger partial charge in [-0.3, -0.25) is 4.79 Å². The molecule has 1 aromatic heterocycles. The summed E-state index contributed by atoms with van der Waals surface area (Å²) in [7, 11) is -1.67. The summed E-state index contributed by atoms with van der Waals surface area (Å²) in [4.78, 5) is 12.5. The summed E-state index contributed by atoms with van der Waals surface area (Å²) in [6, 6.07) is 3.48. The van der Waals surface area contributed by atoms with Gasteiger partial charge >= 0.3 is 0 Å². The van der Waals surface area contributed by atoms with Crippen molar-refractivity contribution in [3.63, 3.8) is 0 Å². The van der Waals surface area contributed by atoms with Crippen LogP contribution >= 0.6 is 23.7 Å². The van der Waals surface area contributed by atoms with E-state index in [1.165, 1.54) is 11.3 Å². The van der Waals surface area contributed by atoms with Gasteiger partial charge in [0.25, 0.3) is 0 Å². The second kappa shape index (κ2) is 11.0. The van der Waals surface area contributed by atoms with Crippen LogP contribution in [0.25, 0.3) is 0 Å². The lowest BCUT2D eigenvalue weighted by atomic mass is 10.1. The summed E-state index contributed by atoms with van der Waals surface area (Å²) in [5.74, 6) is 0.367. The third kappa shape index (κ3) is 8.43. The lowest BCUT2D eigenvalue weighted by Crippen LogP contribution is -2.36. The van der Waals surface area contributed by atoms with Crippen molar-refractivity contribution in [1.82, 2.24) is 15.4 Å². The summed E-state index contributed by atoms with van der Waals surface area (Å²) >= 11 is 1.24. The van der Waals surface area contributed by atoms with Gasteiger partial charge in [0, 0.05) is 30.4 Å². The average Bonchev–Trinajstić information content (AvgIpc) is 2.93. The predicted molar refractivity (Wildman–Crippen MR) is 101 cm³/mol. The zero-order chi connectivity index (χ0) is 17.5. The highest BCUT2D eigenvalue weighted by Crippen LogP contribution is 2.21. The Hall–Kier alpha value is -0.670. The Morgan fingerprint density at radius 2 is 1.92 bits per heavy atom. The molecule has 0 aromatic carbocycles. The van der Waals surface area contributed by atoms with Crippen LogP contribution in [0.3, 0.4) is 0 Å². The number of likely N-dealkylation sites (N-methyl/N-ethyl adjacent to an activating group) is 1. The smallest absolute Gasteiger partial charge is 0.250 e. The van der Waals surface area contributed by atoms with E-state index in [4.69, 9.17) is 0 Å². The van der Waals surface area contributed by atoms with Crippen LogP contribution in [0.2, 0.25) is 0 Å². The van der Waals surface area contributed by atoms with Crippen molar-refractivity contribution in [2.24, 2.45) is 5.92 Å². The standard InChI is InChI=1S/C15H27N3O3S2.ClH/c1-11(2)9-14(19)17-8-7-13-5-6-15(22-13)23(20,21)18-10-12(3)16-4;/h5-6,11-12,16,18H,7-10H2,1-4H3,(H,17,19);1H. The summed E-state index contributed by atoms with van der Waals surface area (Å²) in [5, 5.41) is 5.83. The molecule has 24 heavy (non-hydrogen) atoms. The van der Waals surface area contributed by atoms with E-state index in [2.05, 4.69) is 15.4 Å². The van der Waals surface area contributed by atoms with E-state index in [0.717, 1.165) is 4.88 Å². The number of carbonyl (C=O) groups excluding carboxylic acids is 1. The van der Waals surface area contributed by atoms with Crippen LogP contribution in [-0.2, 0) is 21.2 Å². The molecule has 0 bridgehead atoms. The first-order valence-electron chi connectivity index (χ1n) is 7.77. The average molecular weight is 398 g/mol. The maximum absolute atomic E-state index is 12.2. The van der Waals surface area contributed by atoms with Gasteiger partial charge in [-0.15, -0.1) is 23.7 Å². The van der Waals surface area contributed by atoms with Gasteiger partial charge in [0.2, 0.25) is 15.9 Å². The molecule has 0 aliphatic heterocycles. The second-order valence-corrected chi connectivity index (χ2v) is 9.12. The third-order valence-electron chi connectivity index (χ3n) is 3.26. The monoisotopic (exact) mass is 397 g/mol. The lowest BCUT2D eigenvalue weighted by Gasteiger charge is -2.10. The fourth-order valence-electron chi connectivity index (χ4n) is 1.81. The Balaban J connectivity index is 0.00000529. The number of sulfonamides is 1. The van der Waals surface area contributed by atoms with E-state index < -0.39 is 10.0 Å². The van der Waals surface area contributed by atoms with Crippen molar-refractivity contribution in [3.8, 4) is 0 Å². The highest BCUT2D eigenvalue weighted by molar-refractivity contribution is 7.91. The maximum Gasteiger partial charge on any atom is 0.250 e. The summed E-state index contributed by atoms with van der Waals surface area (Å²) in [6.45, 7) is 6.77. The van der Waals surface area contributed by atoms with Crippen molar-refractivity contribution in [2.75, 3.05) is 20.1 Å². The van der Waals surface area contributed by atoms with Crippen LogP contribution < -0.4 is 15.4 Å². The van der Waals surface area contributed by atoms with E-state index in [1.54, 1.807) is 19.2 Å². The van der Waals surface area contributed by atoms with Crippen molar-refractivity contribution in [1.29, 1.82) is 0 Å². The molecule has 1 heterocycles. The van der Waals surface area contributed by atoms with E-state index >= 15 is 0 Å². The highest BCUT2D eigenvalue weighted by Gasteiger charge is 2.17. The molecule has 1 unspecified atom stereocenters. The Labute approximate surface area is 155 Å². The van der Waals surface area contributed by atoms with Crippen LogP contribution in [0, 0.1) is 5.92 Å². The molecule has 0 saturated heterocycles. The summed E-state index contributed by atoms with van der Waals surface area (Å²) < 4.78 is 27.2. The van der Waals surface area contributed by atoms with Crippen LogP contribution in [0.1, 0.15) is 32.1 Å². The SMILES string of the molecule is CNC(C)CNS(=O)(=O)c1ccc(CCNC(=O)CC(C)C)s1.Cl. The normalized spacial score (nSPS) is 12.7. The fourth-order valence-corrected chi connectivity index (χ4v) is 4.34. The number of nitrogens with one attached hydrogen (secondary N) is 3. The van der Waals surface area contributed by atoms with Crippen molar-refractivity contribution < 1.29 is 13.2 Å². The Bertz CT molecular complexity index is 603. The molecule has 0 radical (unpaired) electrons. The molecule has 0 aliphatic rings. The first kappa shape index (κ1) is 23.3. The number of hydrogen-bond donors (Lipinski definition) is 3. The number of hydrogen-bond acceptors (Lipinski definition) is 5. The Kier molecular flexibility index (Phi) is 10.7. The lowest BCUT2D eigenvalue weighted by molar-refractivity contribution is -0.121. The first-order valence-corrected chi connectivity index (χ1v) is 10.1. The summed E-state index contributed by atoms with van der Waals surface area (Å²) in [6.07, 6.45) is 1.15. The van der Waals surface area contributed by atoms with Crippen LogP contribution in [0.15, 0.2) is 16.3 Å². The molecule has 0 saturated carbocycles. The van der Waals surface area contributed by atoms with Gasteiger partial charge in [-0.2, -0.15) is 0 Å². The molecule has 9 heteroatoms. The molecule has 1 aromatic rings. The van der Waals surface area contributed by atoms with Crippen molar-refractivity contribution in [3.05, 3.63) is 17.0 Å². The zero-order valence-electron chi connectivity index (χ0n) is 14.6. The highest BCUT2D eigenvalue weighted by atomic mass is 35.5. The molecule has 0 fully saturated rings. The quantitative estimate of drug-likeness (QED) is 0.561. The summed E-state index contributed by atoms with van der Waals surface area (Å²) in [5.41, 5.74) is 0. The van der Waals surface area contributed by atoms with E-state index in [9.17, 15) is 13.2 Å². The number of carbonyl (C=O) groups is 1. The van der Waals surface area contributed by atoms with Gasteiger partial charge < -0.3 is 10.6 Å². The van der Waals surface area contributed by atoms with Gasteiger partial charge in [0.05, 0.1) is 0 Å². The first-order chi connectivity index (χ1) is 10.7. The molecule has 0 spiro atoms. The Morgan fingerprint density at radius 3 is 2.50 bits per heavy atom. The van der Waals surface area contributed by atoms with Crippen molar-refractivity contribution >= 4 is 39.7 Å². The van der Waals surface area contributed by atoms with Crippen molar-refractivity contribution in [2.45, 2.75) is 43.9 Å². The predicted octanol–water partition coefficient (Wildman–Crippen LogP) is 1.76. The molecular formula is C15H28ClN3O3S2. The molecule has 6 nitrogen and oxygen atoms in total. The minimum absolute atomic E-state index is 0. The van der Waals surface area contributed by atoms with Crippen LogP contribution in [0.5, 0.6) is 0 Å². The van der Waals surface area contributed by atoms with E-state index in [-0.39, 0.29) is 24.4 Å². The van der Waals surface area contributed by atoms with Gasteiger partial charge in [-0.25, -0.2) is 13.1 Å². The van der Waals surface area contributed by atoms with E-state index in [0.29, 0.717) is 36.1 Å². The third-order valence-corrected chi connectivity index (χ3v) is 6.32. The number of amides is 1. The number of rotatable bonds is 10. The van der Waals surface area contributed by atoms with Gasteiger partial charge in [-0.1, -0.05) is 13.8 Å². The van der Waals surface area contributed by atoms with Gasteiger partial charge in [0.15, 0.2) is 0 Å². The minimum Gasteiger partial charge on any atom is -0.356 e. The molecule has 1 amide bonds. The largest absolute Gasteiger partial charge is 0.356 e. The molecule has 3 N–H and O–H groups in total. The molecular weight excluding hydrogens is 370 g/mol. The van der Waals surface area contributed by atoms with Crippen LogP contribution in [-0.4, -0.2) is 40.5 Å². The molecule has 1 atom stereocenters. The molecule has 0 aliphatic carbocycles. The van der Waals surface area contributed by atoms with Gasteiger partial charge in [-0.05, 0) is 38.4 Å². The topological polar surface area (TPSA) is 87.3 Å². The number of halogens is 1. The molecule has 1 rings (SSSR count). The fraction of sp³-hybridized carbons (Fsp3) is 0.667. The minimum atomic E-state index is -3.46. The van der Waals surface area contributed by atoms with E-state index in [1.807, 2.05) is 20.8 Å².